The molecule has 0 radical (unpaired) electrons. The Balaban J connectivity index is 2.44. The monoisotopic (exact) mass is 252 g/mol. The minimum atomic E-state index is 0.517. The fourth-order valence-corrected chi connectivity index (χ4v) is 1.91. The van der Waals surface area contributed by atoms with Crippen LogP contribution in [0, 0.1) is 0 Å². The Morgan fingerprint density at radius 2 is 1.89 bits per heavy atom. The lowest BCUT2D eigenvalue weighted by atomic mass is 10.2. The van der Waals surface area contributed by atoms with Crippen molar-refractivity contribution in [3.63, 3.8) is 0 Å². The predicted octanol–water partition coefficient (Wildman–Crippen LogP) is 2.02. The number of aromatic nitrogens is 2. The van der Waals surface area contributed by atoms with Crippen molar-refractivity contribution in [2.45, 2.75) is 39.8 Å². The van der Waals surface area contributed by atoms with Crippen LogP contribution in [0.15, 0.2) is 12.4 Å². The highest BCUT2D eigenvalue weighted by atomic mass is 16.5. The van der Waals surface area contributed by atoms with E-state index in [1.807, 2.05) is 7.05 Å². The maximum atomic E-state index is 5.62. The van der Waals surface area contributed by atoms with Gasteiger partial charge in [0.2, 0.25) is 5.88 Å². The van der Waals surface area contributed by atoms with Gasteiger partial charge in [0.1, 0.15) is 12.4 Å². The van der Waals surface area contributed by atoms with E-state index >= 15 is 0 Å². The molecule has 1 heterocycles. The molecule has 0 fully saturated rings. The van der Waals surface area contributed by atoms with Gasteiger partial charge >= 0.3 is 0 Å². The van der Waals surface area contributed by atoms with E-state index < -0.39 is 0 Å². The van der Waals surface area contributed by atoms with E-state index in [4.69, 9.17) is 4.74 Å². The second-order valence-corrected chi connectivity index (χ2v) is 4.77. The average Bonchev–Trinajstić information content (AvgIpc) is 2.34. The van der Waals surface area contributed by atoms with Crippen LogP contribution < -0.4 is 10.1 Å². The molecule has 0 saturated heterocycles. The van der Waals surface area contributed by atoms with Gasteiger partial charge in [0.15, 0.2) is 0 Å². The minimum absolute atomic E-state index is 0.517. The van der Waals surface area contributed by atoms with Crippen LogP contribution in [0.25, 0.3) is 0 Å². The van der Waals surface area contributed by atoms with Gasteiger partial charge in [-0.25, -0.2) is 0 Å². The summed E-state index contributed by atoms with van der Waals surface area (Å²) in [5, 5.41) is 2.94. The van der Waals surface area contributed by atoms with E-state index in [9.17, 15) is 0 Å². The van der Waals surface area contributed by atoms with Crippen molar-refractivity contribution in [2.24, 2.45) is 0 Å². The van der Waals surface area contributed by atoms with Crippen LogP contribution >= 0.6 is 0 Å². The number of ether oxygens (including phenoxy) is 1. The van der Waals surface area contributed by atoms with Crippen molar-refractivity contribution < 1.29 is 4.74 Å². The fraction of sp³-hybridized carbons (Fsp3) is 0.692. The van der Waals surface area contributed by atoms with Gasteiger partial charge in [0.25, 0.3) is 0 Å². The van der Waals surface area contributed by atoms with Gasteiger partial charge in [-0.15, -0.1) is 0 Å². The molecule has 0 bridgehead atoms. The lowest BCUT2D eigenvalue weighted by Crippen LogP contribution is -2.39. The molecule has 18 heavy (non-hydrogen) atoms. The van der Waals surface area contributed by atoms with Crippen molar-refractivity contribution in [1.29, 1.82) is 0 Å². The van der Waals surface area contributed by atoms with Crippen LogP contribution in [0.3, 0.4) is 0 Å². The van der Waals surface area contributed by atoms with Crippen molar-refractivity contribution >= 4 is 5.82 Å². The van der Waals surface area contributed by atoms with Gasteiger partial charge < -0.3 is 10.1 Å². The maximum Gasteiger partial charge on any atom is 0.234 e. The molecule has 1 aromatic heterocycles. The molecule has 5 nitrogen and oxygen atoms in total. The largest absolute Gasteiger partial charge is 0.475 e. The minimum Gasteiger partial charge on any atom is -0.475 e. The predicted molar refractivity (Wildman–Crippen MR) is 74.1 cm³/mol. The lowest BCUT2D eigenvalue weighted by Gasteiger charge is -2.30. The van der Waals surface area contributed by atoms with Crippen molar-refractivity contribution in [3.8, 4) is 5.88 Å². The van der Waals surface area contributed by atoms with Crippen LogP contribution in [-0.2, 0) is 0 Å². The summed E-state index contributed by atoms with van der Waals surface area (Å²) in [5.41, 5.74) is 0. The third-order valence-electron chi connectivity index (χ3n) is 2.79. The Hall–Kier alpha value is -1.36. The van der Waals surface area contributed by atoms with Gasteiger partial charge in [-0.1, -0.05) is 0 Å². The molecule has 5 heteroatoms. The standard InChI is InChI=1S/C13H24N4O/c1-10(2)17(11(3)4)6-7-18-13-9-15-8-12(14-5)16-13/h8-11H,6-7H2,1-5H3,(H,14,16). The Morgan fingerprint density at radius 3 is 2.44 bits per heavy atom. The molecular formula is C13H24N4O. The smallest absolute Gasteiger partial charge is 0.234 e. The zero-order chi connectivity index (χ0) is 13.5. The highest BCUT2D eigenvalue weighted by Crippen LogP contribution is 2.09. The number of rotatable bonds is 7. The highest BCUT2D eigenvalue weighted by Gasteiger charge is 2.12. The van der Waals surface area contributed by atoms with Crippen molar-refractivity contribution in [3.05, 3.63) is 12.4 Å². The molecule has 0 aromatic carbocycles. The summed E-state index contributed by atoms with van der Waals surface area (Å²) >= 11 is 0. The Labute approximate surface area is 110 Å². The molecule has 0 saturated carbocycles. The summed E-state index contributed by atoms with van der Waals surface area (Å²) in [7, 11) is 1.81. The summed E-state index contributed by atoms with van der Waals surface area (Å²) in [4.78, 5) is 10.7. The normalized spacial score (nSPS) is 11.3. The average molecular weight is 252 g/mol. The summed E-state index contributed by atoms with van der Waals surface area (Å²) in [5.74, 6) is 1.28. The molecule has 0 aliphatic rings. The molecule has 1 rings (SSSR count). The molecule has 0 amide bonds. The lowest BCUT2D eigenvalue weighted by molar-refractivity contribution is 0.140. The van der Waals surface area contributed by atoms with E-state index in [1.54, 1.807) is 12.4 Å². The number of hydrogen-bond acceptors (Lipinski definition) is 5. The summed E-state index contributed by atoms with van der Waals surface area (Å²) in [6.07, 6.45) is 3.30. The fourth-order valence-electron chi connectivity index (χ4n) is 1.91. The Morgan fingerprint density at radius 1 is 1.22 bits per heavy atom. The van der Waals surface area contributed by atoms with Crippen LogP contribution in [0.5, 0.6) is 5.88 Å². The second-order valence-electron chi connectivity index (χ2n) is 4.77. The van der Waals surface area contributed by atoms with Crippen LogP contribution in [0.4, 0.5) is 5.82 Å². The van der Waals surface area contributed by atoms with Gasteiger partial charge in [-0.05, 0) is 27.7 Å². The molecule has 0 aliphatic carbocycles. The van der Waals surface area contributed by atoms with Crippen molar-refractivity contribution in [1.82, 2.24) is 14.9 Å². The van der Waals surface area contributed by atoms with Gasteiger partial charge in [0, 0.05) is 25.7 Å². The second kappa shape index (κ2) is 7.16. The summed E-state index contributed by atoms with van der Waals surface area (Å²) in [6, 6.07) is 1.03. The molecule has 0 unspecified atom stereocenters. The first-order valence-corrected chi connectivity index (χ1v) is 6.43. The van der Waals surface area contributed by atoms with E-state index in [2.05, 4.69) is 47.9 Å². The zero-order valence-electron chi connectivity index (χ0n) is 12.0. The van der Waals surface area contributed by atoms with Crippen molar-refractivity contribution in [2.75, 3.05) is 25.5 Å². The van der Waals surface area contributed by atoms with Gasteiger partial charge in [-0.3, -0.25) is 9.88 Å². The molecule has 1 N–H and O–H groups in total. The first-order valence-electron chi connectivity index (χ1n) is 6.43. The number of nitrogens with zero attached hydrogens (tertiary/aromatic N) is 3. The third kappa shape index (κ3) is 4.49. The Kier molecular flexibility index (Phi) is 5.85. The summed E-state index contributed by atoms with van der Waals surface area (Å²) < 4.78 is 5.62. The number of nitrogens with one attached hydrogen (secondary N) is 1. The topological polar surface area (TPSA) is 50.3 Å². The Bertz CT molecular complexity index is 347. The van der Waals surface area contributed by atoms with Crippen LogP contribution in [0.2, 0.25) is 0 Å². The van der Waals surface area contributed by atoms with E-state index in [-0.39, 0.29) is 0 Å². The number of anilines is 1. The quantitative estimate of drug-likeness (QED) is 0.804. The first kappa shape index (κ1) is 14.7. The van der Waals surface area contributed by atoms with Crippen LogP contribution in [-0.4, -0.2) is 47.2 Å². The zero-order valence-corrected chi connectivity index (χ0v) is 12.0. The first-order chi connectivity index (χ1) is 8.54. The molecular weight excluding hydrogens is 228 g/mol. The van der Waals surface area contributed by atoms with Crippen LogP contribution in [0.1, 0.15) is 27.7 Å². The third-order valence-corrected chi connectivity index (χ3v) is 2.79. The molecule has 1 aromatic rings. The van der Waals surface area contributed by atoms with Gasteiger partial charge in [0.05, 0.1) is 12.4 Å². The van der Waals surface area contributed by atoms with E-state index in [0.29, 0.717) is 24.6 Å². The SMILES string of the molecule is CNc1cncc(OCCN(C(C)C)C(C)C)n1. The molecule has 0 aliphatic heterocycles. The number of hydrogen-bond donors (Lipinski definition) is 1. The maximum absolute atomic E-state index is 5.62. The van der Waals surface area contributed by atoms with E-state index in [1.165, 1.54) is 0 Å². The van der Waals surface area contributed by atoms with E-state index in [0.717, 1.165) is 12.4 Å². The highest BCUT2D eigenvalue weighted by molar-refractivity contribution is 5.31. The molecule has 102 valence electrons. The summed E-state index contributed by atoms with van der Waals surface area (Å²) in [6.45, 7) is 10.3. The molecule has 0 spiro atoms. The van der Waals surface area contributed by atoms with Gasteiger partial charge in [-0.2, -0.15) is 4.98 Å². The molecule has 0 atom stereocenters.